The zero-order chi connectivity index (χ0) is 18.0. The van der Waals surface area contributed by atoms with E-state index >= 15 is 0 Å². The van der Waals surface area contributed by atoms with Crippen LogP contribution in [0.3, 0.4) is 0 Å². The van der Waals surface area contributed by atoms with Gasteiger partial charge in [0.15, 0.2) is 0 Å². The molecule has 0 radical (unpaired) electrons. The molecule has 2 aliphatic heterocycles. The quantitative estimate of drug-likeness (QED) is 0.892. The van der Waals surface area contributed by atoms with E-state index in [0.717, 1.165) is 55.5 Å². The molecule has 2 fully saturated rings. The average molecular weight is 365 g/mol. The van der Waals surface area contributed by atoms with Crippen LogP contribution in [0.2, 0.25) is 0 Å². The smallest absolute Gasteiger partial charge is 0.251 e. The lowest BCUT2D eigenvalue weighted by Gasteiger charge is -2.39. The number of rotatable bonds is 3. The second-order valence-electron chi connectivity index (χ2n) is 7.49. The van der Waals surface area contributed by atoms with Gasteiger partial charge < -0.3 is 10.2 Å². The summed E-state index contributed by atoms with van der Waals surface area (Å²) >= 11 is 0. The Labute approximate surface area is 150 Å². The van der Waals surface area contributed by atoms with E-state index in [1.54, 1.807) is 0 Å². The van der Waals surface area contributed by atoms with Gasteiger partial charge in [-0.3, -0.25) is 4.79 Å². The van der Waals surface area contributed by atoms with Crippen LogP contribution in [-0.4, -0.2) is 55.9 Å². The minimum atomic E-state index is -2.80. The van der Waals surface area contributed by atoms with Crippen LogP contribution in [0.25, 0.3) is 0 Å². The molecule has 1 aromatic carbocycles. The zero-order valence-corrected chi connectivity index (χ0v) is 15.9. The van der Waals surface area contributed by atoms with Crippen molar-refractivity contribution in [3.63, 3.8) is 0 Å². The molecule has 0 saturated carbocycles. The summed E-state index contributed by atoms with van der Waals surface area (Å²) in [6.07, 6.45) is 3.36. The first kappa shape index (κ1) is 18.4. The van der Waals surface area contributed by atoms with Crippen molar-refractivity contribution in [3.05, 3.63) is 34.9 Å². The number of piperidine rings is 1. The highest BCUT2D eigenvalue weighted by Gasteiger charge is 2.30. The van der Waals surface area contributed by atoms with Gasteiger partial charge in [-0.2, -0.15) is 0 Å². The molecule has 0 aromatic heterocycles. The SMILES string of the molecule is Cc1ccc(C)c(C(=O)NC2CCN(C3CCS(=O)(=O)CC3)CC2)c1. The normalized spacial score (nSPS) is 22.6. The molecule has 5 nitrogen and oxygen atoms in total. The second kappa shape index (κ2) is 7.46. The molecule has 0 unspecified atom stereocenters. The van der Waals surface area contributed by atoms with Crippen molar-refractivity contribution in [3.8, 4) is 0 Å². The maximum atomic E-state index is 12.5. The van der Waals surface area contributed by atoms with E-state index in [0.29, 0.717) is 17.5 Å². The molecule has 138 valence electrons. The van der Waals surface area contributed by atoms with Crippen molar-refractivity contribution in [2.24, 2.45) is 0 Å². The zero-order valence-electron chi connectivity index (χ0n) is 15.1. The van der Waals surface area contributed by atoms with E-state index in [1.807, 2.05) is 32.0 Å². The second-order valence-corrected chi connectivity index (χ2v) is 9.79. The van der Waals surface area contributed by atoms with Crippen molar-refractivity contribution in [2.75, 3.05) is 24.6 Å². The molecule has 6 heteroatoms. The topological polar surface area (TPSA) is 66.5 Å². The van der Waals surface area contributed by atoms with Crippen molar-refractivity contribution in [1.82, 2.24) is 10.2 Å². The summed E-state index contributed by atoms with van der Waals surface area (Å²) in [6.45, 7) is 5.83. The Kier molecular flexibility index (Phi) is 5.49. The Morgan fingerprint density at radius 2 is 1.72 bits per heavy atom. The molecule has 25 heavy (non-hydrogen) atoms. The molecule has 2 aliphatic rings. The average Bonchev–Trinajstić information content (AvgIpc) is 2.58. The Bertz CT molecular complexity index is 723. The molecule has 0 atom stereocenters. The molecule has 0 bridgehead atoms. The minimum absolute atomic E-state index is 0.0170. The largest absolute Gasteiger partial charge is 0.349 e. The third-order valence-electron chi connectivity index (χ3n) is 5.54. The fourth-order valence-corrected chi connectivity index (χ4v) is 5.36. The van der Waals surface area contributed by atoms with Gasteiger partial charge in [0.2, 0.25) is 0 Å². The van der Waals surface area contributed by atoms with Gasteiger partial charge in [0.1, 0.15) is 9.84 Å². The molecule has 3 rings (SSSR count). The van der Waals surface area contributed by atoms with Gasteiger partial charge in [-0.05, 0) is 51.2 Å². The van der Waals surface area contributed by atoms with E-state index < -0.39 is 9.84 Å². The highest BCUT2D eigenvalue weighted by Crippen LogP contribution is 2.22. The number of carbonyl (C=O) groups excluding carboxylic acids is 1. The van der Waals surface area contributed by atoms with Gasteiger partial charge in [-0.1, -0.05) is 17.7 Å². The number of nitrogens with one attached hydrogen (secondary N) is 1. The summed E-state index contributed by atoms with van der Waals surface area (Å²) in [5.74, 6) is 0.658. The van der Waals surface area contributed by atoms with Crippen LogP contribution in [0.4, 0.5) is 0 Å². The summed E-state index contributed by atoms with van der Waals surface area (Å²) in [4.78, 5) is 15.0. The van der Waals surface area contributed by atoms with Gasteiger partial charge in [-0.15, -0.1) is 0 Å². The monoisotopic (exact) mass is 364 g/mol. The minimum Gasteiger partial charge on any atom is -0.349 e. The predicted molar refractivity (Wildman–Crippen MR) is 99.7 cm³/mol. The van der Waals surface area contributed by atoms with Crippen LogP contribution < -0.4 is 5.32 Å². The number of amides is 1. The maximum absolute atomic E-state index is 12.5. The molecular weight excluding hydrogens is 336 g/mol. The van der Waals surface area contributed by atoms with Gasteiger partial charge in [0, 0.05) is 30.7 Å². The molecule has 0 spiro atoms. The molecule has 1 amide bonds. The number of nitrogens with zero attached hydrogens (tertiary/aromatic N) is 1. The Morgan fingerprint density at radius 3 is 2.36 bits per heavy atom. The standard InChI is InChI=1S/C19H28N2O3S/c1-14-3-4-15(2)18(13-14)19(22)20-16-5-9-21(10-6-16)17-7-11-25(23,24)12-8-17/h3-4,13,16-17H,5-12H2,1-2H3,(H,20,22). The van der Waals surface area contributed by atoms with Crippen LogP contribution in [0, 0.1) is 13.8 Å². The van der Waals surface area contributed by atoms with Crippen molar-refractivity contribution < 1.29 is 13.2 Å². The van der Waals surface area contributed by atoms with E-state index in [1.165, 1.54) is 0 Å². The number of hydrogen-bond acceptors (Lipinski definition) is 4. The Morgan fingerprint density at radius 1 is 1.08 bits per heavy atom. The highest BCUT2D eigenvalue weighted by molar-refractivity contribution is 7.91. The summed E-state index contributed by atoms with van der Waals surface area (Å²) in [6, 6.07) is 6.55. The summed E-state index contributed by atoms with van der Waals surface area (Å²) in [7, 11) is -2.80. The van der Waals surface area contributed by atoms with Crippen molar-refractivity contribution in [2.45, 2.75) is 51.6 Å². The molecular formula is C19H28N2O3S. The summed E-state index contributed by atoms with van der Waals surface area (Å²) in [5, 5.41) is 3.18. The number of carbonyl (C=O) groups is 1. The van der Waals surface area contributed by atoms with Crippen molar-refractivity contribution in [1.29, 1.82) is 0 Å². The number of aryl methyl sites for hydroxylation is 2. The van der Waals surface area contributed by atoms with Crippen molar-refractivity contribution >= 4 is 15.7 Å². The number of likely N-dealkylation sites (tertiary alicyclic amines) is 1. The molecule has 0 aliphatic carbocycles. The lowest BCUT2D eigenvalue weighted by molar-refractivity contribution is 0.0884. The van der Waals surface area contributed by atoms with Gasteiger partial charge in [0.05, 0.1) is 11.5 Å². The molecule has 1 aromatic rings. The van der Waals surface area contributed by atoms with Crippen LogP contribution in [0.5, 0.6) is 0 Å². The van der Waals surface area contributed by atoms with Gasteiger partial charge in [-0.25, -0.2) is 8.42 Å². The van der Waals surface area contributed by atoms with Gasteiger partial charge >= 0.3 is 0 Å². The fraction of sp³-hybridized carbons (Fsp3) is 0.632. The fourth-order valence-electron chi connectivity index (χ4n) is 3.90. The lowest BCUT2D eigenvalue weighted by atomic mass is 9.99. The molecule has 2 heterocycles. The van der Waals surface area contributed by atoms with Crippen LogP contribution >= 0.6 is 0 Å². The third-order valence-corrected chi connectivity index (χ3v) is 7.26. The summed E-state index contributed by atoms with van der Waals surface area (Å²) in [5.41, 5.74) is 2.86. The van der Waals surface area contributed by atoms with E-state index in [4.69, 9.17) is 0 Å². The first-order valence-electron chi connectivity index (χ1n) is 9.17. The van der Waals surface area contributed by atoms with E-state index in [9.17, 15) is 13.2 Å². The summed E-state index contributed by atoms with van der Waals surface area (Å²) < 4.78 is 23.1. The molecule has 2 saturated heterocycles. The van der Waals surface area contributed by atoms with Crippen LogP contribution in [-0.2, 0) is 9.84 Å². The maximum Gasteiger partial charge on any atom is 0.251 e. The Hall–Kier alpha value is -1.40. The number of sulfone groups is 1. The Balaban J connectivity index is 1.51. The lowest BCUT2D eigenvalue weighted by Crippen LogP contribution is -2.49. The van der Waals surface area contributed by atoms with E-state index in [-0.39, 0.29) is 11.9 Å². The highest BCUT2D eigenvalue weighted by atomic mass is 32.2. The molecule has 1 N–H and O–H groups in total. The first-order chi connectivity index (χ1) is 11.8. The first-order valence-corrected chi connectivity index (χ1v) is 11.0. The van der Waals surface area contributed by atoms with E-state index in [2.05, 4.69) is 10.2 Å². The number of hydrogen-bond donors (Lipinski definition) is 1. The third kappa shape index (κ3) is 4.61. The van der Waals surface area contributed by atoms with Gasteiger partial charge in [0.25, 0.3) is 5.91 Å². The predicted octanol–water partition coefficient (Wildman–Crippen LogP) is 2.07. The van der Waals surface area contributed by atoms with Crippen LogP contribution in [0.1, 0.15) is 47.2 Å². The number of benzene rings is 1. The van der Waals surface area contributed by atoms with Crippen LogP contribution in [0.15, 0.2) is 18.2 Å².